The smallest absolute Gasteiger partial charge is 0.335 e. The van der Waals surface area contributed by atoms with Crippen LogP contribution in [0.25, 0.3) is 0 Å². The molecule has 32 heavy (non-hydrogen) atoms. The van der Waals surface area contributed by atoms with Crippen LogP contribution in [0.3, 0.4) is 0 Å². The lowest BCUT2D eigenvalue weighted by atomic mass is 9.64. The van der Waals surface area contributed by atoms with Crippen LogP contribution >= 0.6 is 0 Å². The Morgan fingerprint density at radius 2 is 1.66 bits per heavy atom. The number of hydrogen-bond acceptors (Lipinski definition) is 4. The van der Waals surface area contributed by atoms with E-state index >= 15 is 0 Å². The highest BCUT2D eigenvalue weighted by molar-refractivity contribution is 5.76. The zero-order chi connectivity index (χ0) is 23.3. The number of aliphatic hydroxyl groups excluding tert-OH is 2. The zero-order valence-electron chi connectivity index (χ0n) is 19.8. The van der Waals surface area contributed by atoms with E-state index in [0.29, 0.717) is 5.92 Å². The van der Waals surface area contributed by atoms with Gasteiger partial charge in [-0.15, -0.1) is 0 Å². The van der Waals surface area contributed by atoms with Crippen LogP contribution in [0.4, 0.5) is 0 Å². The van der Waals surface area contributed by atoms with Gasteiger partial charge in [0.2, 0.25) is 0 Å². The van der Waals surface area contributed by atoms with Gasteiger partial charge in [0.05, 0.1) is 0 Å². The largest absolute Gasteiger partial charge is 0.460 e. The van der Waals surface area contributed by atoms with E-state index in [1.165, 1.54) is 5.56 Å². The summed E-state index contributed by atoms with van der Waals surface area (Å²) in [6.45, 7) is 8.37. The fourth-order valence-electron chi connectivity index (χ4n) is 5.34. The van der Waals surface area contributed by atoms with Crippen molar-refractivity contribution in [2.24, 2.45) is 17.8 Å². The van der Waals surface area contributed by atoms with Gasteiger partial charge in [-0.05, 0) is 41.2 Å². The molecule has 0 unspecified atom stereocenters. The van der Waals surface area contributed by atoms with Gasteiger partial charge >= 0.3 is 5.97 Å². The molecule has 0 bridgehead atoms. The monoisotopic (exact) mass is 438 g/mol. The predicted molar refractivity (Wildman–Crippen MR) is 127 cm³/mol. The van der Waals surface area contributed by atoms with E-state index in [2.05, 4.69) is 32.9 Å². The van der Waals surface area contributed by atoms with Crippen LogP contribution in [0.5, 0.6) is 0 Å². The third-order valence-corrected chi connectivity index (χ3v) is 7.43. The Morgan fingerprint density at radius 3 is 2.25 bits per heavy atom. The van der Waals surface area contributed by atoms with Crippen molar-refractivity contribution in [3.05, 3.63) is 71.8 Å². The molecule has 1 aliphatic rings. The number of ether oxygens (including phenoxy) is 1. The van der Waals surface area contributed by atoms with Crippen LogP contribution in [0.2, 0.25) is 0 Å². The Morgan fingerprint density at radius 1 is 1.06 bits per heavy atom. The number of rotatable bonds is 8. The summed E-state index contributed by atoms with van der Waals surface area (Å²) in [5, 5.41) is 20.8. The van der Waals surface area contributed by atoms with Crippen LogP contribution in [-0.2, 0) is 14.9 Å². The summed E-state index contributed by atoms with van der Waals surface area (Å²) in [6, 6.07) is 19.8. The molecule has 0 aromatic heterocycles. The van der Waals surface area contributed by atoms with Gasteiger partial charge in [0, 0.05) is 18.4 Å². The Labute approximate surface area is 192 Å². The van der Waals surface area contributed by atoms with Crippen molar-refractivity contribution in [2.75, 3.05) is 6.61 Å². The van der Waals surface area contributed by atoms with Crippen molar-refractivity contribution in [3.63, 3.8) is 0 Å². The summed E-state index contributed by atoms with van der Waals surface area (Å²) in [6.07, 6.45) is 1.30. The van der Waals surface area contributed by atoms with E-state index < -0.39 is 18.0 Å². The molecule has 1 aliphatic carbocycles. The highest BCUT2D eigenvalue weighted by atomic mass is 16.6. The minimum atomic E-state index is -1.32. The quantitative estimate of drug-likeness (QED) is 0.564. The molecule has 3 rings (SSSR count). The van der Waals surface area contributed by atoms with E-state index in [1.807, 2.05) is 55.5 Å². The molecule has 0 heterocycles. The second kappa shape index (κ2) is 10.6. The van der Waals surface area contributed by atoms with Gasteiger partial charge in [-0.1, -0.05) is 94.8 Å². The average Bonchev–Trinajstić information content (AvgIpc) is 2.80. The second-order valence-electron chi connectivity index (χ2n) is 10.1. The molecule has 174 valence electrons. The predicted octanol–water partition coefficient (Wildman–Crippen LogP) is 5.09. The number of carbonyl (C=O) groups is 1. The van der Waals surface area contributed by atoms with Crippen molar-refractivity contribution >= 4 is 5.97 Å². The van der Waals surface area contributed by atoms with E-state index in [0.717, 1.165) is 24.8 Å². The first-order valence-corrected chi connectivity index (χ1v) is 11.9. The van der Waals surface area contributed by atoms with Crippen molar-refractivity contribution in [2.45, 2.75) is 70.5 Å². The molecule has 2 aromatic rings. The minimum Gasteiger partial charge on any atom is -0.460 e. The molecule has 1 fully saturated rings. The van der Waals surface area contributed by atoms with Gasteiger partial charge in [0.25, 0.3) is 0 Å². The van der Waals surface area contributed by atoms with Crippen LogP contribution < -0.4 is 0 Å². The molecule has 1 saturated carbocycles. The van der Waals surface area contributed by atoms with Crippen LogP contribution in [0.1, 0.15) is 64.0 Å². The number of esters is 1. The molecule has 2 aromatic carbocycles. The topological polar surface area (TPSA) is 66.8 Å². The molecule has 2 N–H and O–H groups in total. The lowest BCUT2D eigenvalue weighted by Gasteiger charge is -2.44. The van der Waals surface area contributed by atoms with Gasteiger partial charge in [-0.3, -0.25) is 0 Å². The summed E-state index contributed by atoms with van der Waals surface area (Å²) in [4.78, 5) is 13.2. The SMILES string of the molecule is C[C@@H]1CC[C@@H](C(C)(C)c2ccccc2)[C@@H](OC(=O)[C@@H](O)[C@@H](c2ccccc2)[C@@H](C)CO)C1. The molecule has 0 spiro atoms. The fourth-order valence-corrected chi connectivity index (χ4v) is 5.34. The highest BCUT2D eigenvalue weighted by Crippen LogP contribution is 2.44. The third kappa shape index (κ3) is 5.41. The molecular formula is C28H38O4. The molecular weight excluding hydrogens is 400 g/mol. The molecule has 0 aliphatic heterocycles. The highest BCUT2D eigenvalue weighted by Gasteiger charge is 2.43. The summed E-state index contributed by atoms with van der Waals surface area (Å²) in [7, 11) is 0. The summed E-state index contributed by atoms with van der Waals surface area (Å²) in [5.41, 5.74) is 1.91. The first-order chi connectivity index (χ1) is 15.3. The summed E-state index contributed by atoms with van der Waals surface area (Å²) < 4.78 is 6.07. The maximum Gasteiger partial charge on any atom is 0.335 e. The van der Waals surface area contributed by atoms with Crippen LogP contribution in [0.15, 0.2) is 60.7 Å². The van der Waals surface area contributed by atoms with Gasteiger partial charge in [-0.25, -0.2) is 4.79 Å². The standard InChI is InChI=1S/C28H38O4/c1-19-15-16-23(28(3,4)22-13-9-6-10-14-22)24(17-19)32-27(31)26(30)25(20(2)18-29)21-11-7-5-8-12-21/h5-14,19-20,23-26,29-30H,15-18H2,1-4H3/t19-,20+,23-,24+,25-,26+/m1/s1. The van der Waals surface area contributed by atoms with Gasteiger partial charge < -0.3 is 14.9 Å². The Kier molecular flexibility index (Phi) is 8.13. The number of hydrogen-bond donors (Lipinski definition) is 2. The third-order valence-electron chi connectivity index (χ3n) is 7.43. The van der Waals surface area contributed by atoms with Crippen molar-refractivity contribution in [1.82, 2.24) is 0 Å². The van der Waals surface area contributed by atoms with Crippen molar-refractivity contribution in [3.8, 4) is 0 Å². The summed E-state index contributed by atoms with van der Waals surface area (Å²) >= 11 is 0. The second-order valence-corrected chi connectivity index (χ2v) is 10.1. The van der Waals surface area contributed by atoms with Gasteiger partial charge in [0.1, 0.15) is 6.10 Å². The van der Waals surface area contributed by atoms with Crippen LogP contribution in [0, 0.1) is 17.8 Å². The van der Waals surface area contributed by atoms with E-state index in [1.54, 1.807) is 0 Å². The molecule has 0 amide bonds. The van der Waals surface area contributed by atoms with Crippen molar-refractivity contribution < 1.29 is 19.7 Å². The number of aliphatic hydroxyl groups is 2. The first kappa shape index (κ1) is 24.5. The molecule has 0 saturated heterocycles. The molecule has 4 nitrogen and oxygen atoms in total. The van der Waals surface area contributed by atoms with Crippen LogP contribution in [-0.4, -0.2) is 35.0 Å². The van der Waals surface area contributed by atoms with E-state index in [9.17, 15) is 15.0 Å². The Bertz CT molecular complexity index is 848. The maximum absolute atomic E-state index is 13.2. The minimum absolute atomic E-state index is 0.117. The molecule has 0 radical (unpaired) electrons. The van der Waals surface area contributed by atoms with E-state index in [4.69, 9.17) is 4.74 Å². The Hall–Kier alpha value is -2.17. The average molecular weight is 439 g/mol. The number of carbonyl (C=O) groups excluding carboxylic acids is 1. The van der Waals surface area contributed by atoms with E-state index in [-0.39, 0.29) is 30.0 Å². The molecule has 4 heteroatoms. The summed E-state index contributed by atoms with van der Waals surface area (Å²) in [5.74, 6) is -0.749. The van der Waals surface area contributed by atoms with Gasteiger partial charge in [-0.2, -0.15) is 0 Å². The fraction of sp³-hybridized carbons (Fsp3) is 0.536. The Balaban J connectivity index is 1.82. The first-order valence-electron chi connectivity index (χ1n) is 11.9. The van der Waals surface area contributed by atoms with Gasteiger partial charge in [0.15, 0.2) is 6.10 Å². The maximum atomic E-state index is 13.2. The lowest BCUT2D eigenvalue weighted by molar-refractivity contribution is -0.168. The van der Waals surface area contributed by atoms with Crippen molar-refractivity contribution in [1.29, 1.82) is 0 Å². The normalized spacial score (nSPS) is 24.4. The number of benzene rings is 2. The lowest BCUT2D eigenvalue weighted by Crippen LogP contribution is -2.45. The zero-order valence-corrected chi connectivity index (χ0v) is 19.8. The molecule has 6 atom stereocenters.